The van der Waals surface area contributed by atoms with E-state index in [1.807, 2.05) is 0 Å². The minimum absolute atomic E-state index is 1.21. The van der Waals surface area contributed by atoms with Crippen molar-refractivity contribution >= 4 is 12.2 Å². The van der Waals surface area contributed by atoms with E-state index in [2.05, 4.69) is 74.5 Å². The van der Waals surface area contributed by atoms with E-state index in [4.69, 9.17) is 0 Å². The number of hydrogen-bond acceptors (Lipinski definition) is 0. The quantitative estimate of drug-likeness (QED) is 0.268. The summed E-state index contributed by atoms with van der Waals surface area (Å²) in [5, 5.41) is 0. The molecule has 2 aromatic rings. The lowest BCUT2D eigenvalue weighted by atomic mass is 10.0. The fourth-order valence-electron chi connectivity index (χ4n) is 3.30. The van der Waals surface area contributed by atoms with Gasteiger partial charge in [-0.3, -0.25) is 0 Å². The second-order valence-electron chi connectivity index (χ2n) is 7.44. The zero-order valence-electron chi connectivity index (χ0n) is 16.8. The highest BCUT2D eigenvalue weighted by Gasteiger charge is 1.96. The molecule has 140 valence electrons. The molecule has 0 saturated carbocycles. The first-order valence-corrected chi connectivity index (χ1v) is 10.7. The van der Waals surface area contributed by atoms with Crippen LogP contribution in [0.25, 0.3) is 12.2 Å². The summed E-state index contributed by atoms with van der Waals surface area (Å²) in [4.78, 5) is 0. The third-order valence-electron chi connectivity index (χ3n) is 5.07. The molecule has 0 aliphatic heterocycles. The molecule has 26 heavy (non-hydrogen) atoms. The molecule has 0 fully saturated rings. The fraction of sp³-hybridized carbons (Fsp3) is 0.462. The maximum Gasteiger partial charge on any atom is -0.0256 e. The monoisotopic (exact) mass is 348 g/mol. The number of hydrogen-bond donors (Lipinski definition) is 0. The molecular formula is C26H36. The standard InChI is InChI=1S/C26H36/c1-3-5-7-9-11-23-13-17-25(18-14-23)21-22-26-19-15-24(16-20-26)12-10-8-6-4-2/h13-22H,3-12H2,1-2H3. The molecule has 0 unspecified atom stereocenters. The van der Waals surface area contributed by atoms with E-state index < -0.39 is 0 Å². The summed E-state index contributed by atoms with van der Waals surface area (Å²) >= 11 is 0. The predicted molar refractivity (Wildman–Crippen MR) is 118 cm³/mol. The summed E-state index contributed by atoms with van der Waals surface area (Å²) in [5.74, 6) is 0. The Morgan fingerprint density at radius 1 is 0.500 bits per heavy atom. The Bertz CT molecular complexity index is 559. The molecule has 0 saturated heterocycles. The Kier molecular flexibility index (Phi) is 9.87. The van der Waals surface area contributed by atoms with Crippen molar-refractivity contribution in [2.24, 2.45) is 0 Å². The molecule has 0 spiro atoms. The van der Waals surface area contributed by atoms with Gasteiger partial charge in [-0.1, -0.05) is 113 Å². The molecule has 0 amide bonds. The van der Waals surface area contributed by atoms with Crippen molar-refractivity contribution in [2.75, 3.05) is 0 Å². The Balaban J connectivity index is 1.79. The SMILES string of the molecule is CCCCCCc1ccc(C=Cc2ccc(CCCCCC)cc2)cc1. The van der Waals surface area contributed by atoms with Gasteiger partial charge < -0.3 is 0 Å². The van der Waals surface area contributed by atoms with Crippen molar-refractivity contribution in [3.05, 3.63) is 70.8 Å². The summed E-state index contributed by atoms with van der Waals surface area (Å²) in [6.07, 6.45) is 17.5. The lowest BCUT2D eigenvalue weighted by Gasteiger charge is -2.03. The van der Waals surface area contributed by atoms with Gasteiger partial charge in [0.15, 0.2) is 0 Å². The second kappa shape index (κ2) is 12.5. The fourth-order valence-corrected chi connectivity index (χ4v) is 3.30. The lowest BCUT2D eigenvalue weighted by molar-refractivity contribution is 0.667. The largest absolute Gasteiger partial charge is 0.0654 e. The highest BCUT2D eigenvalue weighted by molar-refractivity contribution is 5.69. The van der Waals surface area contributed by atoms with Crippen LogP contribution in [0.15, 0.2) is 48.5 Å². The molecule has 0 atom stereocenters. The van der Waals surface area contributed by atoms with E-state index >= 15 is 0 Å². The molecule has 0 radical (unpaired) electrons. The zero-order chi connectivity index (χ0) is 18.5. The normalized spacial score (nSPS) is 11.3. The van der Waals surface area contributed by atoms with E-state index in [0.29, 0.717) is 0 Å². The van der Waals surface area contributed by atoms with Crippen molar-refractivity contribution in [2.45, 2.75) is 78.1 Å². The van der Waals surface area contributed by atoms with Crippen molar-refractivity contribution in [3.8, 4) is 0 Å². The van der Waals surface area contributed by atoms with E-state index in [-0.39, 0.29) is 0 Å². The van der Waals surface area contributed by atoms with Crippen LogP contribution in [0, 0.1) is 0 Å². The van der Waals surface area contributed by atoms with Gasteiger partial charge in [0.2, 0.25) is 0 Å². The van der Waals surface area contributed by atoms with Crippen LogP contribution in [0.4, 0.5) is 0 Å². The average molecular weight is 349 g/mol. The second-order valence-corrected chi connectivity index (χ2v) is 7.44. The molecule has 2 rings (SSSR count). The Labute approximate surface area is 161 Å². The van der Waals surface area contributed by atoms with Gasteiger partial charge in [-0.2, -0.15) is 0 Å². The Hall–Kier alpha value is -1.82. The summed E-state index contributed by atoms with van der Waals surface area (Å²) in [7, 11) is 0. The molecule has 0 heteroatoms. The van der Waals surface area contributed by atoms with Gasteiger partial charge in [0.1, 0.15) is 0 Å². The van der Waals surface area contributed by atoms with Crippen molar-refractivity contribution in [1.82, 2.24) is 0 Å². The van der Waals surface area contributed by atoms with Gasteiger partial charge in [0, 0.05) is 0 Å². The molecule has 2 aromatic carbocycles. The van der Waals surface area contributed by atoms with Gasteiger partial charge in [-0.25, -0.2) is 0 Å². The van der Waals surface area contributed by atoms with E-state index in [0.717, 1.165) is 0 Å². The first-order chi connectivity index (χ1) is 12.8. The third kappa shape index (κ3) is 8.04. The van der Waals surface area contributed by atoms with Crippen LogP contribution < -0.4 is 0 Å². The smallest absolute Gasteiger partial charge is 0.0256 e. The number of aryl methyl sites for hydroxylation is 2. The summed E-state index contributed by atoms with van der Waals surface area (Å²) < 4.78 is 0. The minimum Gasteiger partial charge on any atom is -0.0654 e. The van der Waals surface area contributed by atoms with Crippen LogP contribution in [0.2, 0.25) is 0 Å². The maximum atomic E-state index is 2.28. The summed E-state index contributed by atoms with van der Waals surface area (Å²) in [5.41, 5.74) is 5.49. The third-order valence-corrected chi connectivity index (χ3v) is 5.07. The number of benzene rings is 2. The number of unbranched alkanes of at least 4 members (excludes halogenated alkanes) is 6. The van der Waals surface area contributed by atoms with Gasteiger partial charge in [0.05, 0.1) is 0 Å². The molecule has 0 nitrogen and oxygen atoms in total. The predicted octanol–water partition coefficient (Wildman–Crippen LogP) is 8.10. The van der Waals surface area contributed by atoms with Crippen molar-refractivity contribution in [3.63, 3.8) is 0 Å². The molecule has 0 bridgehead atoms. The highest BCUT2D eigenvalue weighted by Crippen LogP contribution is 2.14. The van der Waals surface area contributed by atoms with Crippen LogP contribution in [0.1, 0.15) is 87.5 Å². The topological polar surface area (TPSA) is 0 Å². The van der Waals surface area contributed by atoms with Gasteiger partial charge >= 0.3 is 0 Å². The van der Waals surface area contributed by atoms with Gasteiger partial charge in [-0.15, -0.1) is 0 Å². The van der Waals surface area contributed by atoms with Crippen LogP contribution in [0.3, 0.4) is 0 Å². The first kappa shape index (κ1) is 20.5. The van der Waals surface area contributed by atoms with E-state index in [9.17, 15) is 0 Å². The molecule has 0 aliphatic rings. The van der Waals surface area contributed by atoms with Crippen LogP contribution in [0.5, 0.6) is 0 Å². The molecule has 0 aliphatic carbocycles. The van der Waals surface area contributed by atoms with Gasteiger partial charge in [-0.05, 0) is 47.9 Å². The van der Waals surface area contributed by atoms with E-state index in [1.165, 1.54) is 86.5 Å². The minimum atomic E-state index is 1.21. The van der Waals surface area contributed by atoms with Crippen LogP contribution >= 0.6 is 0 Å². The van der Waals surface area contributed by atoms with E-state index in [1.54, 1.807) is 0 Å². The molecule has 0 aromatic heterocycles. The lowest BCUT2D eigenvalue weighted by Crippen LogP contribution is -1.86. The molecule has 0 N–H and O–H groups in total. The van der Waals surface area contributed by atoms with Gasteiger partial charge in [0.25, 0.3) is 0 Å². The highest BCUT2D eigenvalue weighted by atomic mass is 14.0. The Morgan fingerprint density at radius 2 is 0.885 bits per heavy atom. The summed E-state index contributed by atoms with van der Waals surface area (Å²) in [6, 6.07) is 18.1. The Morgan fingerprint density at radius 3 is 1.23 bits per heavy atom. The average Bonchev–Trinajstić information content (AvgIpc) is 2.69. The number of rotatable bonds is 12. The van der Waals surface area contributed by atoms with Crippen LogP contribution in [-0.4, -0.2) is 0 Å². The van der Waals surface area contributed by atoms with Crippen molar-refractivity contribution in [1.29, 1.82) is 0 Å². The van der Waals surface area contributed by atoms with Crippen molar-refractivity contribution < 1.29 is 0 Å². The molecular weight excluding hydrogens is 312 g/mol. The molecule has 0 heterocycles. The zero-order valence-corrected chi connectivity index (χ0v) is 16.8. The maximum absolute atomic E-state index is 2.28. The van der Waals surface area contributed by atoms with Crippen LogP contribution in [-0.2, 0) is 12.8 Å². The first-order valence-electron chi connectivity index (χ1n) is 10.7. The summed E-state index contributed by atoms with van der Waals surface area (Å²) in [6.45, 7) is 4.53.